The van der Waals surface area contributed by atoms with Gasteiger partial charge in [0.05, 0.1) is 18.5 Å². The summed E-state index contributed by atoms with van der Waals surface area (Å²) in [5.41, 5.74) is 1.13. The van der Waals surface area contributed by atoms with Crippen LogP contribution in [-0.2, 0) is 11.3 Å². The van der Waals surface area contributed by atoms with Gasteiger partial charge in [0.2, 0.25) is 5.91 Å². The molecule has 0 fully saturated rings. The number of nitrogens with one attached hydrogen (secondary N) is 1. The number of nitrogens with zero attached hydrogens (tertiary/aromatic N) is 2. The zero-order chi connectivity index (χ0) is 18.5. The number of carbonyl (C=O) groups excluding carboxylic acids is 1. The highest BCUT2D eigenvalue weighted by atomic mass is 32.2. The molecule has 0 aliphatic carbocycles. The van der Waals surface area contributed by atoms with Crippen LogP contribution in [0.25, 0.3) is 0 Å². The molecule has 0 spiro atoms. The fraction of sp³-hybridized carbons (Fsp3) is 0.200. The number of ether oxygens (including phenoxy) is 2. The molecule has 0 bridgehead atoms. The molecule has 3 aromatic rings. The molecule has 138 valence electrons. The number of thioether (sulfide) groups is 1. The summed E-state index contributed by atoms with van der Waals surface area (Å²) in [6.45, 7) is 1.73. The molecule has 1 N–H and O–H groups in total. The van der Waals surface area contributed by atoms with Gasteiger partial charge in [0, 0.05) is 11.0 Å². The predicted octanol–water partition coefficient (Wildman–Crippen LogP) is 3.43. The lowest BCUT2D eigenvalue weighted by Gasteiger charge is -2.18. The molecule has 2 aromatic carbocycles. The molecule has 0 saturated heterocycles. The van der Waals surface area contributed by atoms with E-state index >= 15 is 0 Å². The van der Waals surface area contributed by atoms with Gasteiger partial charge in [-0.1, -0.05) is 30.3 Å². The first-order chi connectivity index (χ1) is 13.3. The van der Waals surface area contributed by atoms with Crippen molar-refractivity contribution < 1.29 is 14.3 Å². The van der Waals surface area contributed by atoms with E-state index in [1.54, 1.807) is 16.9 Å². The highest BCUT2D eigenvalue weighted by Gasteiger charge is 2.13. The number of anilines is 1. The van der Waals surface area contributed by atoms with Crippen molar-refractivity contribution in [1.82, 2.24) is 9.78 Å². The fourth-order valence-corrected chi connectivity index (χ4v) is 3.49. The highest BCUT2D eigenvalue weighted by Crippen LogP contribution is 2.34. The summed E-state index contributed by atoms with van der Waals surface area (Å²) in [4.78, 5) is 13.3. The van der Waals surface area contributed by atoms with Crippen molar-refractivity contribution in [2.75, 3.05) is 24.3 Å². The molecule has 0 atom stereocenters. The van der Waals surface area contributed by atoms with E-state index in [0.717, 1.165) is 22.0 Å². The highest BCUT2D eigenvalue weighted by molar-refractivity contribution is 8.00. The Labute approximate surface area is 161 Å². The Morgan fingerprint density at radius 1 is 1.07 bits per heavy atom. The van der Waals surface area contributed by atoms with E-state index in [1.165, 1.54) is 11.8 Å². The molecule has 0 unspecified atom stereocenters. The summed E-state index contributed by atoms with van der Waals surface area (Å²) in [5, 5.41) is 7.22. The van der Waals surface area contributed by atoms with Crippen molar-refractivity contribution in [3.63, 3.8) is 0 Å². The summed E-state index contributed by atoms with van der Waals surface area (Å²) in [7, 11) is 0. The normalized spacial score (nSPS) is 12.6. The molecule has 0 saturated carbocycles. The van der Waals surface area contributed by atoms with Gasteiger partial charge in [-0.25, -0.2) is 4.68 Å². The molecule has 1 amide bonds. The lowest BCUT2D eigenvalue weighted by atomic mass is 10.2. The van der Waals surface area contributed by atoms with Gasteiger partial charge in [0.25, 0.3) is 0 Å². The summed E-state index contributed by atoms with van der Waals surface area (Å²) in [6, 6.07) is 17.5. The van der Waals surface area contributed by atoms with E-state index in [1.807, 2.05) is 48.5 Å². The lowest BCUT2D eigenvalue weighted by molar-refractivity contribution is -0.113. The minimum absolute atomic E-state index is 0.0790. The molecule has 1 aliphatic rings. The second kappa shape index (κ2) is 8.18. The quantitative estimate of drug-likeness (QED) is 0.663. The Bertz CT molecular complexity index is 927. The maximum Gasteiger partial charge on any atom is 0.235 e. The Hall–Kier alpha value is -2.93. The molecular formula is C20H19N3O3S. The second-order valence-corrected chi connectivity index (χ2v) is 7.05. The van der Waals surface area contributed by atoms with Gasteiger partial charge in [-0.3, -0.25) is 4.79 Å². The number of amides is 1. The smallest absolute Gasteiger partial charge is 0.235 e. The minimum Gasteiger partial charge on any atom is -0.486 e. The Morgan fingerprint density at radius 3 is 2.74 bits per heavy atom. The van der Waals surface area contributed by atoms with Crippen molar-refractivity contribution in [2.45, 2.75) is 11.4 Å². The van der Waals surface area contributed by atoms with Crippen LogP contribution in [0.4, 0.5) is 5.82 Å². The fourth-order valence-electron chi connectivity index (χ4n) is 2.76. The summed E-state index contributed by atoms with van der Waals surface area (Å²) >= 11 is 1.46. The van der Waals surface area contributed by atoms with Crippen molar-refractivity contribution in [2.24, 2.45) is 0 Å². The van der Waals surface area contributed by atoms with Crippen LogP contribution in [0.3, 0.4) is 0 Å². The van der Waals surface area contributed by atoms with Crippen LogP contribution in [0, 0.1) is 0 Å². The Balaban J connectivity index is 1.34. The van der Waals surface area contributed by atoms with Crippen molar-refractivity contribution in [1.29, 1.82) is 0 Å². The summed E-state index contributed by atoms with van der Waals surface area (Å²) < 4.78 is 12.9. The van der Waals surface area contributed by atoms with Gasteiger partial charge < -0.3 is 14.8 Å². The zero-order valence-corrected chi connectivity index (χ0v) is 15.4. The minimum atomic E-state index is -0.0790. The Morgan fingerprint density at radius 2 is 1.89 bits per heavy atom. The maximum atomic E-state index is 12.3. The Kier molecular flexibility index (Phi) is 5.29. The van der Waals surface area contributed by atoms with Crippen LogP contribution < -0.4 is 14.8 Å². The van der Waals surface area contributed by atoms with Gasteiger partial charge in [-0.05, 0) is 23.8 Å². The summed E-state index contributed by atoms with van der Waals surface area (Å²) in [5.74, 6) is 2.39. The van der Waals surface area contributed by atoms with Crippen molar-refractivity contribution in [3.8, 4) is 11.5 Å². The van der Waals surface area contributed by atoms with Crippen LogP contribution >= 0.6 is 11.8 Å². The standard InChI is InChI=1S/C20H19N3O3S/c24-20(14-27-16-6-7-17-18(12-16)26-11-10-25-17)22-19-8-9-21-23(19)13-15-4-2-1-3-5-15/h1-9,12H,10-11,13-14H2,(H,22,24). The van der Waals surface area contributed by atoms with E-state index in [2.05, 4.69) is 10.4 Å². The average molecular weight is 381 g/mol. The van der Waals surface area contributed by atoms with Crippen LogP contribution in [0.2, 0.25) is 0 Å². The molecule has 27 heavy (non-hydrogen) atoms. The van der Waals surface area contributed by atoms with Crippen molar-refractivity contribution >= 4 is 23.5 Å². The maximum absolute atomic E-state index is 12.3. The van der Waals surface area contributed by atoms with Gasteiger partial charge in [-0.15, -0.1) is 11.8 Å². The molecule has 1 aliphatic heterocycles. The number of fused-ring (bicyclic) bond motifs is 1. The topological polar surface area (TPSA) is 65.4 Å². The third-order valence-electron chi connectivity index (χ3n) is 4.04. The van der Waals surface area contributed by atoms with E-state index in [4.69, 9.17) is 9.47 Å². The first-order valence-corrected chi connectivity index (χ1v) is 9.64. The number of rotatable bonds is 6. The lowest BCUT2D eigenvalue weighted by Crippen LogP contribution is -2.18. The first-order valence-electron chi connectivity index (χ1n) is 8.66. The predicted molar refractivity (Wildman–Crippen MR) is 105 cm³/mol. The van der Waals surface area contributed by atoms with Gasteiger partial charge in [0.1, 0.15) is 19.0 Å². The molecule has 2 heterocycles. The molecule has 7 heteroatoms. The van der Waals surface area contributed by atoms with Crippen molar-refractivity contribution in [3.05, 3.63) is 66.4 Å². The van der Waals surface area contributed by atoms with Crippen LogP contribution in [0.5, 0.6) is 11.5 Å². The molecule has 0 radical (unpaired) electrons. The van der Waals surface area contributed by atoms with Crippen LogP contribution in [0.1, 0.15) is 5.56 Å². The number of carbonyl (C=O) groups is 1. The van der Waals surface area contributed by atoms with E-state index < -0.39 is 0 Å². The van der Waals surface area contributed by atoms with E-state index in [0.29, 0.717) is 31.3 Å². The molecule has 1 aromatic heterocycles. The zero-order valence-electron chi connectivity index (χ0n) is 14.6. The number of hydrogen-bond acceptors (Lipinski definition) is 5. The molecule has 4 rings (SSSR count). The van der Waals surface area contributed by atoms with Gasteiger partial charge in [-0.2, -0.15) is 5.10 Å². The average Bonchev–Trinajstić information content (AvgIpc) is 3.13. The monoisotopic (exact) mass is 381 g/mol. The number of benzene rings is 2. The third kappa shape index (κ3) is 4.43. The number of hydrogen-bond donors (Lipinski definition) is 1. The number of aromatic nitrogens is 2. The van der Waals surface area contributed by atoms with Crippen LogP contribution in [-0.4, -0.2) is 34.7 Å². The molecular weight excluding hydrogens is 362 g/mol. The van der Waals surface area contributed by atoms with E-state index in [-0.39, 0.29) is 5.91 Å². The van der Waals surface area contributed by atoms with Gasteiger partial charge >= 0.3 is 0 Å². The summed E-state index contributed by atoms with van der Waals surface area (Å²) in [6.07, 6.45) is 1.69. The first kappa shape index (κ1) is 17.5. The van der Waals surface area contributed by atoms with Crippen LogP contribution in [0.15, 0.2) is 65.7 Å². The SMILES string of the molecule is O=C(CSc1ccc2c(c1)OCCO2)Nc1ccnn1Cc1ccccc1. The molecule has 6 nitrogen and oxygen atoms in total. The third-order valence-corrected chi connectivity index (χ3v) is 5.04. The second-order valence-electron chi connectivity index (χ2n) is 6.00. The largest absolute Gasteiger partial charge is 0.486 e. The van der Waals surface area contributed by atoms with E-state index in [9.17, 15) is 4.79 Å². The van der Waals surface area contributed by atoms with Gasteiger partial charge in [0.15, 0.2) is 11.5 Å².